The molecule has 0 atom stereocenters. The zero-order valence-electron chi connectivity index (χ0n) is 10.4. The van der Waals surface area contributed by atoms with E-state index in [2.05, 4.69) is 32.4 Å². The molecule has 1 aromatic rings. The minimum Gasteiger partial charge on any atom is -0.478 e. The van der Waals surface area contributed by atoms with Crippen molar-refractivity contribution in [3.63, 3.8) is 0 Å². The van der Waals surface area contributed by atoms with Gasteiger partial charge in [0.1, 0.15) is 12.1 Å². The molecule has 0 saturated carbocycles. The Morgan fingerprint density at radius 2 is 2.06 bits per heavy atom. The van der Waals surface area contributed by atoms with Crippen molar-refractivity contribution in [1.82, 2.24) is 19.9 Å². The van der Waals surface area contributed by atoms with Crippen molar-refractivity contribution in [2.24, 2.45) is 0 Å². The van der Waals surface area contributed by atoms with Crippen molar-refractivity contribution in [3.05, 3.63) is 12.4 Å². The van der Waals surface area contributed by atoms with E-state index < -0.39 is 0 Å². The molecular formula is C11H19N5O. The van der Waals surface area contributed by atoms with Crippen LogP contribution in [0, 0.1) is 0 Å². The zero-order valence-corrected chi connectivity index (χ0v) is 10.4. The largest absolute Gasteiger partial charge is 0.478 e. The monoisotopic (exact) mass is 237 g/mol. The van der Waals surface area contributed by atoms with Gasteiger partial charge in [-0.2, -0.15) is 0 Å². The Balaban J connectivity index is 1.91. The minimum atomic E-state index is 0.610. The van der Waals surface area contributed by atoms with Gasteiger partial charge in [-0.05, 0) is 14.0 Å². The van der Waals surface area contributed by atoms with Gasteiger partial charge in [-0.15, -0.1) is 0 Å². The van der Waals surface area contributed by atoms with Crippen LogP contribution in [0.1, 0.15) is 6.92 Å². The molecule has 0 bridgehead atoms. The Kier molecular flexibility index (Phi) is 4.11. The number of hydrazine groups is 1. The summed E-state index contributed by atoms with van der Waals surface area (Å²) >= 11 is 0. The van der Waals surface area contributed by atoms with E-state index in [1.165, 1.54) is 6.33 Å². The van der Waals surface area contributed by atoms with Crippen LogP contribution in [0.2, 0.25) is 0 Å². The normalized spacial score (nSPS) is 18.0. The fourth-order valence-corrected chi connectivity index (χ4v) is 1.71. The molecule has 2 rings (SSSR count). The van der Waals surface area contributed by atoms with Crippen LogP contribution in [0.3, 0.4) is 0 Å². The van der Waals surface area contributed by atoms with Crippen LogP contribution >= 0.6 is 0 Å². The molecule has 94 valence electrons. The third-order valence-electron chi connectivity index (χ3n) is 2.71. The molecule has 1 aliphatic heterocycles. The predicted octanol–water partition coefficient (Wildman–Crippen LogP) is 0.450. The standard InChI is InChI=1S/C11H19N5O/c1-3-17-11-8-10(12-9-13-11)14-16-6-4-15(2)5-7-16/h8-9H,3-7H2,1-2H3,(H,12,13,14). The summed E-state index contributed by atoms with van der Waals surface area (Å²) in [6, 6.07) is 1.82. The molecule has 0 unspecified atom stereocenters. The molecule has 0 radical (unpaired) electrons. The molecule has 0 spiro atoms. The topological polar surface area (TPSA) is 53.5 Å². The number of hydrogen-bond donors (Lipinski definition) is 1. The van der Waals surface area contributed by atoms with Crippen LogP contribution in [-0.4, -0.2) is 59.7 Å². The lowest BCUT2D eigenvalue weighted by Gasteiger charge is -2.32. The van der Waals surface area contributed by atoms with E-state index in [4.69, 9.17) is 4.74 Å². The van der Waals surface area contributed by atoms with Crippen LogP contribution in [0.4, 0.5) is 5.82 Å². The van der Waals surface area contributed by atoms with Crippen LogP contribution in [-0.2, 0) is 0 Å². The average molecular weight is 237 g/mol. The summed E-state index contributed by atoms with van der Waals surface area (Å²) in [6.07, 6.45) is 1.52. The first-order valence-corrected chi connectivity index (χ1v) is 5.93. The Labute approximate surface area is 102 Å². The summed E-state index contributed by atoms with van der Waals surface area (Å²) in [5.41, 5.74) is 3.28. The fourth-order valence-electron chi connectivity index (χ4n) is 1.71. The number of aromatic nitrogens is 2. The molecule has 17 heavy (non-hydrogen) atoms. The van der Waals surface area contributed by atoms with Crippen LogP contribution in [0.5, 0.6) is 5.88 Å². The van der Waals surface area contributed by atoms with Crippen LogP contribution in [0.15, 0.2) is 12.4 Å². The Morgan fingerprint density at radius 3 is 2.76 bits per heavy atom. The lowest BCUT2D eigenvalue weighted by Crippen LogP contribution is -2.47. The van der Waals surface area contributed by atoms with Crippen molar-refractivity contribution < 1.29 is 4.74 Å². The Morgan fingerprint density at radius 1 is 1.29 bits per heavy atom. The second-order valence-electron chi connectivity index (χ2n) is 4.08. The molecule has 1 aliphatic rings. The maximum atomic E-state index is 5.33. The van der Waals surface area contributed by atoms with E-state index in [-0.39, 0.29) is 0 Å². The molecule has 6 nitrogen and oxygen atoms in total. The first-order valence-electron chi connectivity index (χ1n) is 5.93. The summed E-state index contributed by atoms with van der Waals surface area (Å²) in [4.78, 5) is 10.5. The first-order chi connectivity index (χ1) is 8.28. The van der Waals surface area contributed by atoms with Gasteiger partial charge in [0, 0.05) is 32.2 Å². The quantitative estimate of drug-likeness (QED) is 0.820. The van der Waals surface area contributed by atoms with Crippen molar-refractivity contribution in [3.8, 4) is 5.88 Å². The van der Waals surface area contributed by atoms with E-state index >= 15 is 0 Å². The van der Waals surface area contributed by atoms with E-state index in [1.54, 1.807) is 0 Å². The number of piperazine rings is 1. The van der Waals surface area contributed by atoms with Gasteiger partial charge < -0.3 is 15.1 Å². The molecule has 0 aromatic carbocycles. The second kappa shape index (κ2) is 5.79. The highest BCUT2D eigenvalue weighted by atomic mass is 16.5. The molecule has 1 saturated heterocycles. The fraction of sp³-hybridized carbons (Fsp3) is 0.636. The summed E-state index contributed by atoms with van der Waals surface area (Å²) < 4.78 is 5.33. The molecule has 1 N–H and O–H groups in total. The van der Waals surface area contributed by atoms with E-state index in [9.17, 15) is 0 Å². The van der Waals surface area contributed by atoms with Crippen LogP contribution in [0.25, 0.3) is 0 Å². The smallest absolute Gasteiger partial charge is 0.218 e. The number of hydrogen-bond acceptors (Lipinski definition) is 6. The molecular weight excluding hydrogens is 218 g/mol. The van der Waals surface area contributed by atoms with Gasteiger partial charge >= 0.3 is 0 Å². The summed E-state index contributed by atoms with van der Waals surface area (Å²) in [5, 5.41) is 2.16. The first kappa shape index (κ1) is 12.1. The lowest BCUT2D eigenvalue weighted by atomic mass is 10.4. The molecule has 0 aliphatic carbocycles. The number of likely N-dealkylation sites (N-methyl/N-ethyl adjacent to an activating group) is 1. The second-order valence-corrected chi connectivity index (χ2v) is 4.08. The maximum Gasteiger partial charge on any atom is 0.218 e. The van der Waals surface area contributed by atoms with Gasteiger partial charge in [-0.1, -0.05) is 0 Å². The third kappa shape index (κ3) is 3.54. The third-order valence-corrected chi connectivity index (χ3v) is 2.71. The molecule has 1 fully saturated rings. The van der Waals surface area contributed by atoms with Crippen molar-refractivity contribution >= 4 is 5.82 Å². The van der Waals surface area contributed by atoms with Crippen LogP contribution < -0.4 is 10.2 Å². The van der Waals surface area contributed by atoms with Crippen molar-refractivity contribution in [1.29, 1.82) is 0 Å². The molecule has 1 aromatic heterocycles. The summed E-state index contributed by atoms with van der Waals surface area (Å²) in [6.45, 7) is 6.67. The van der Waals surface area contributed by atoms with Crippen molar-refractivity contribution in [2.45, 2.75) is 6.92 Å². The van der Waals surface area contributed by atoms with E-state index in [1.807, 2.05) is 13.0 Å². The average Bonchev–Trinajstić information content (AvgIpc) is 2.33. The predicted molar refractivity (Wildman–Crippen MR) is 65.9 cm³/mol. The van der Waals surface area contributed by atoms with E-state index in [0.717, 1.165) is 32.0 Å². The lowest BCUT2D eigenvalue weighted by molar-refractivity contribution is 0.178. The van der Waals surface area contributed by atoms with Crippen molar-refractivity contribution in [2.75, 3.05) is 45.3 Å². The summed E-state index contributed by atoms with van der Waals surface area (Å²) in [7, 11) is 2.13. The minimum absolute atomic E-state index is 0.610. The Hall–Kier alpha value is -1.40. The number of nitrogens with one attached hydrogen (secondary N) is 1. The van der Waals surface area contributed by atoms with Gasteiger partial charge in [0.25, 0.3) is 0 Å². The highest BCUT2D eigenvalue weighted by Gasteiger charge is 2.13. The SMILES string of the molecule is CCOc1cc(NN2CCN(C)CC2)ncn1. The molecule has 6 heteroatoms. The number of nitrogens with zero attached hydrogens (tertiary/aromatic N) is 4. The summed E-state index contributed by atoms with van der Waals surface area (Å²) in [5.74, 6) is 1.40. The zero-order chi connectivity index (χ0) is 12.1. The highest BCUT2D eigenvalue weighted by molar-refractivity contribution is 5.36. The molecule has 2 heterocycles. The van der Waals surface area contributed by atoms with Gasteiger partial charge in [-0.3, -0.25) is 0 Å². The molecule has 0 amide bonds. The number of ether oxygens (including phenoxy) is 1. The van der Waals surface area contributed by atoms with Gasteiger partial charge in [0.15, 0.2) is 0 Å². The maximum absolute atomic E-state index is 5.33. The van der Waals surface area contributed by atoms with E-state index in [0.29, 0.717) is 12.5 Å². The van der Waals surface area contributed by atoms with Gasteiger partial charge in [-0.25, -0.2) is 15.0 Å². The number of anilines is 1. The van der Waals surface area contributed by atoms with Gasteiger partial charge in [0.05, 0.1) is 6.61 Å². The Bertz CT molecular complexity index is 351. The number of rotatable bonds is 4. The highest BCUT2D eigenvalue weighted by Crippen LogP contribution is 2.12. The van der Waals surface area contributed by atoms with Gasteiger partial charge in [0.2, 0.25) is 5.88 Å².